The van der Waals surface area contributed by atoms with Gasteiger partial charge in [0.2, 0.25) is 10.0 Å². The standard InChI is InChI=1S/C14H18N2O4S/c1-16(11-13-5-3-7-20-13)21(18,19)14-8-12(4-2-6-17)9-15-10-14/h8-10,13,17H,3,5-7,11H2,1H3. The Balaban J connectivity index is 2.17. The van der Waals surface area contributed by atoms with Gasteiger partial charge in [0.15, 0.2) is 0 Å². The number of aliphatic hydroxyl groups is 1. The maximum absolute atomic E-state index is 12.5. The largest absolute Gasteiger partial charge is 0.384 e. The highest BCUT2D eigenvalue weighted by Gasteiger charge is 2.26. The SMILES string of the molecule is CN(CC1CCCO1)S(=O)(=O)c1cncc(C#CCO)c1. The van der Waals surface area contributed by atoms with Crippen molar-refractivity contribution in [3.8, 4) is 11.8 Å². The molecule has 114 valence electrons. The van der Waals surface area contributed by atoms with Gasteiger partial charge in [-0.2, -0.15) is 4.31 Å². The van der Waals surface area contributed by atoms with Crippen LogP contribution in [0.4, 0.5) is 0 Å². The molecule has 21 heavy (non-hydrogen) atoms. The molecule has 1 atom stereocenters. The predicted octanol–water partition coefficient (Wildman–Crippen LogP) is 0.225. The van der Waals surface area contributed by atoms with Crippen LogP contribution in [-0.2, 0) is 14.8 Å². The zero-order valence-corrected chi connectivity index (χ0v) is 12.6. The van der Waals surface area contributed by atoms with E-state index in [1.165, 1.54) is 29.8 Å². The van der Waals surface area contributed by atoms with Crippen molar-refractivity contribution < 1.29 is 18.3 Å². The minimum absolute atomic E-state index is 0.0462. The Morgan fingerprint density at radius 2 is 2.33 bits per heavy atom. The normalized spacial score (nSPS) is 18.5. The molecule has 1 fully saturated rings. The van der Waals surface area contributed by atoms with Crippen LogP contribution in [-0.4, -0.2) is 55.7 Å². The van der Waals surface area contributed by atoms with E-state index in [1.54, 1.807) is 0 Å². The molecule has 0 spiro atoms. The van der Waals surface area contributed by atoms with Crippen molar-refractivity contribution in [1.82, 2.24) is 9.29 Å². The molecular formula is C14H18N2O4S. The molecule has 1 saturated heterocycles. The summed E-state index contributed by atoms with van der Waals surface area (Å²) in [6.07, 6.45) is 4.55. The van der Waals surface area contributed by atoms with Crippen molar-refractivity contribution in [3.63, 3.8) is 0 Å². The molecule has 0 saturated carbocycles. The lowest BCUT2D eigenvalue weighted by Crippen LogP contribution is -2.34. The summed E-state index contributed by atoms with van der Waals surface area (Å²) in [6.45, 7) is 0.733. The maximum atomic E-state index is 12.5. The Bertz CT molecular complexity index is 642. The summed E-state index contributed by atoms with van der Waals surface area (Å²) in [6, 6.07) is 1.46. The lowest BCUT2D eigenvalue weighted by molar-refractivity contribution is 0.0979. The van der Waals surface area contributed by atoms with Gasteiger partial charge in [0.1, 0.15) is 11.5 Å². The lowest BCUT2D eigenvalue weighted by Gasteiger charge is -2.20. The van der Waals surface area contributed by atoms with Gasteiger partial charge in [0.25, 0.3) is 0 Å². The quantitative estimate of drug-likeness (QED) is 0.805. The van der Waals surface area contributed by atoms with E-state index in [0.717, 1.165) is 12.8 Å². The third kappa shape index (κ3) is 4.02. The minimum atomic E-state index is -3.61. The van der Waals surface area contributed by atoms with Gasteiger partial charge in [-0.05, 0) is 18.9 Å². The monoisotopic (exact) mass is 310 g/mol. The number of nitrogens with zero attached hydrogens (tertiary/aromatic N) is 2. The first-order valence-electron chi connectivity index (χ1n) is 6.67. The van der Waals surface area contributed by atoms with Crippen molar-refractivity contribution in [2.75, 3.05) is 26.8 Å². The molecule has 1 aromatic heterocycles. The summed E-state index contributed by atoms with van der Waals surface area (Å²) in [5, 5.41) is 8.67. The van der Waals surface area contributed by atoms with Crippen LogP contribution in [0.25, 0.3) is 0 Å². The van der Waals surface area contributed by atoms with Crippen LogP contribution in [0.15, 0.2) is 23.4 Å². The molecule has 1 N–H and O–H groups in total. The van der Waals surface area contributed by atoms with Crippen LogP contribution < -0.4 is 0 Å². The van der Waals surface area contributed by atoms with E-state index in [0.29, 0.717) is 18.7 Å². The summed E-state index contributed by atoms with van der Waals surface area (Å²) in [5.74, 6) is 5.12. The average molecular weight is 310 g/mol. The molecule has 2 rings (SSSR count). The van der Waals surface area contributed by atoms with Crippen molar-refractivity contribution in [1.29, 1.82) is 0 Å². The van der Waals surface area contributed by atoms with Gasteiger partial charge in [-0.3, -0.25) is 4.98 Å². The van der Waals surface area contributed by atoms with Crippen molar-refractivity contribution in [2.24, 2.45) is 0 Å². The van der Waals surface area contributed by atoms with Crippen LogP contribution in [0, 0.1) is 11.8 Å². The molecule has 1 unspecified atom stereocenters. The van der Waals surface area contributed by atoms with Crippen molar-refractivity contribution >= 4 is 10.0 Å². The summed E-state index contributed by atoms with van der Waals surface area (Å²) >= 11 is 0. The molecule has 1 aromatic rings. The molecule has 0 amide bonds. The molecule has 0 aliphatic carbocycles. The first-order valence-corrected chi connectivity index (χ1v) is 8.11. The zero-order chi connectivity index (χ0) is 15.3. The van der Waals surface area contributed by atoms with Gasteiger partial charge in [0, 0.05) is 38.2 Å². The van der Waals surface area contributed by atoms with E-state index in [2.05, 4.69) is 16.8 Å². The molecule has 7 heteroatoms. The Kier molecular flexibility index (Phi) is 5.31. The average Bonchev–Trinajstić information content (AvgIpc) is 2.98. The number of pyridine rings is 1. The third-order valence-corrected chi connectivity index (χ3v) is 5.01. The molecule has 0 radical (unpaired) electrons. The Hall–Kier alpha value is -1.46. The zero-order valence-electron chi connectivity index (χ0n) is 11.8. The minimum Gasteiger partial charge on any atom is -0.384 e. The Morgan fingerprint density at radius 1 is 1.52 bits per heavy atom. The van der Waals surface area contributed by atoms with E-state index in [9.17, 15) is 8.42 Å². The number of hydrogen-bond acceptors (Lipinski definition) is 5. The Morgan fingerprint density at radius 3 is 3.00 bits per heavy atom. The van der Waals surface area contributed by atoms with E-state index in [1.807, 2.05) is 0 Å². The number of sulfonamides is 1. The first-order chi connectivity index (χ1) is 10.0. The van der Waals surface area contributed by atoms with Gasteiger partial charge in [-0.15, -0.1) is 0 Å². The topological polar surface area (TPSA) is 79.7 Å². The van der Waals surface area contributed by atoms with E-state index < -0.39 is 10.0 Å². The fraction of sp³-hybridized carbons (Fsp3) is 0.500. The molecule has 0 aromatic carbocycles. The van der Waals surface area contributed by atoms with Crippen LogP contribution in [0.5, 0.6) is 0 Å². The van der Waals surface area contributed by atoms with E-state index >= 15 is 0 Å². The molecule has 1 aliphatic rings. The fourth-order valence-corrected chi connectivity index (χ4v) is 3.32. The highest BCUT2D eigenvalue weighted by atomic mass is 32.2. The summed E-state index contributed by atoms with van der Waals surface area (Å²) in [4.78, 5) is 3.99. The highest BCUT2D eigenvalue weighted by molar-refractivity contribution is 7.89. The summed E-state index contributed by atoms with van der Waals surface area (Å²) < 4.78 is 31.7. The first kappa shape index (κ1) is 15.9. The second-order valence-electron chi connectivity index (χ2n) is 4.79. The maximum Gasteiger partial charge on any atom is 0.244 e. The molecule has 0 bridgehead atoms. The van der Waals surface area contributed by atoms with E-state index in [4.69, 9.17) is 9.84 Å². The van der Waals surface area contributed by atoms with Crippen molar-refractivity contribution in [3.05, 3.63) is 24.0 Å². The van der Waals surface area contributed by atoms with Crippen LogP contribution in [0.3, 0.4) is 0 Å². The second-order valence-corrected chi connectivity index (χ2v) is 6.83. The van der Waals surface area contributed by atoms with Gasteiger partial charge in [-0.1, -0.05) is 11.8 Å². The molecular weight excluding hydrogens is 292 g/mol. The number of likely N-dealkylation sites (N-methyl/N-ethyl adjacent to an activating group) is 1. The number of aliphatic hydroxyl groups excluding tert-OH is 1. The summed E-state index contributed by atoms with van der Waals surface area (Å²) in [5.41, 5.74) is 0.454. The number of rotatable bonds is 4. The van der Waals surface area contributed by atoms with Gasteiger partial charge < -0.3 is 9.84 Å². The molecule has 6 nitrogen and oxygen atoms in total. The van der Waals surface area contributed by atoms with Gasteiger partial charge in [-0.25, -0.2) is 8.42 Å². The smallest absolute Gasteiger partial charge is 0.244 e. The predicted molar refractivity (Wildman–Crippen MR) is 77.0 cm³/mol. The fourth-order valence-electron chi connectivity index (χ4n) is 2.12. The summed E-state index contributed by atoms with van der Waals surface area (Å²) in [7, 11) is -2.08. The number of hydrogen-bond donors (Lipinski definition) is 1. The molecule has 1 aliphatic heterocycles. The van der Waals surface area contributed by atoms with Crippen LogP contribution in [0.1, 0.15) is 18.4 Å². The van der Waals surface area contributed by atoms with Crippen LogP contribution in [0.2, 0.25) is 0 Å². The second kappa shape index (κ2) is 7.00. The van der Waals surface area contributed by atoms with Gasteiger partial charge in [0.05, 0.1) is 6.10 Å². The van der Waals surface area contributed by atoms with Gasteiger partial charge >= 0.3 is 0 Å². The Labute approximate surface area is 124 Å². The lowest BCUT2D eigenvalue weighted by atomic mass is 10.2. The highest BCUT2D eigenvalue weighted by Crippen LogP contribution is 2.18. The third-order valence-electron chi connectivity index (χ3n) is 3.22. The van der Waals surface area contributed by atoms with Crippen LogP contribution >= 0.6 is 0 Å². The number of ether oxygens (including phenoxy) is 1. The van der Waals surface area contributed by atoms with Crippen molar-refractivity contribution in [2.45, 2.75) is 23.8 Å². The molecule has 2 heterocycles. The van der Waals surface area contributed by atoms with E-state index in [-0.39, 0.29) is 17.6 Å². The number of aromatic nitrogens is 1.